The molecule has 0 saturated carbocycles. The molecule has 0 aliphatic heterocycles. The zero-order valence-corrected chi connectivity index (χ0v) is 13.9. The number of anilines is 1. The van der Waals surface area contributed by atoms with Gasteiger partial charge in [0.2, 0.25) is 0 Å². The number of benzene rings is 2. The fourth-order valence-corrected chi connectivity index (χ4v) is 2.88. The van der Waals surface area contributed by atoms with Crippen molar-refractivity contribution in [2.45, 2.75) is 4.90 Å². The first-order chi connectivity index (χ1) is 8.68. The largest absolute Gasteiger partial charge is 1.00 e. The van der Waals surface area contributed by atoms with Gasteiger partial charge in [-0.15, -0.1) is 0 Å². The number of fused-ring (bicyclic) bond motifs is 1. The first kappa shape index (κ1) is 17.4. The van der Waals surface area contributed by atoms with Gasteiger partial charge in [-0.1, -0.05) is 24.3 Å². The summed E-state index contributed by atoms with van der Waals surface area (Å²) in [4.78, 5) is -0.344. The summed E-state index contributed by atoms with van der Waals surface area (Å²) in [5.74, 6) is 0. The van der Waals surface area contributed by atoms with E-state index in [4.69, 9.17) is 9.11 Å². The van der Waals surface area contributed by atoms with Crippen LogP contribution in [-0.4, -0.2) is 25.9 Å². The third-order valence-electron chi connectivity index (χ3n) is 2.40. The van der Waals surface area contributed by atoms with E-state index >= 15 is 0 Å². The molecule has 0 fully saturated rings. The minimum Gasteiger partial charge on any atom is -0.282 e. The van der Waals surface area contributed by atoms with E-state index in [0.717, 1.165) is 12.1 Å². The molecule has 0 unspecified atom stereocenters. The Hall–Kier alpha value is -0.680. The molecule has 3 N–H and O–H groups in total. The Kier molecular flexibility index (Phi) is 5.19. The summed E-state index contributed by atoms with van der Waals surface area (Å²) in [6.07, 6.45) is 0. The molecule has 0 aliphatic rings. The van der Waals surface area contributed by atoms with Crippen molar-refractivity contribution in [1.82, 2.24) is 0 Å². The van der Waals surface area contributed by atoms with Crippen LogP contribution in [0.5, 0.6) is 0 Å². The molecule has 0 bridgehead atoms. The van der Waals surface area contributed by atoms with Gasteiger partial charge in [-0.25, -0.2) is 0 Å². The summed E-state index contributed by atoms with van der Waals surface area (Å²) in [5.41, 5.74) is 0.00509. The van der Waals surface area contributed by atoms with Crippen LogP contribution in [0.3, 0.4) is 0 Å². The van der Waals surface area contributed by atoms with E-state index in [2.05, 4.69) is 0 Å². The zero-order chi connectivity index (χ0) is 14.3. The number of rotatable bonds is 3. The van der Waals surface area contributed by atoms with Crippen molar-refractivity contribution in [2.24, 2.45) is 0 Å². The van der Waals surface area contributed by atoms with Crippen molar-refractivity contribution in [1.29, 1.82) is 0 Å². The molecule has 0 radical (unpaired) electrons. The van der Waals surface area contributed by atoms with Gasteiger partial charge in [-0.2, -0.15) is 16.8 Å². The maximum atomic E-state index is 11.2. The third kappa shape index (κ3) is 3.92. The molecular formula is C10H9NNaO6S2+. The molecule has 102 valence electrons. The van der Waals surface area contributed by atoms with Gasteiger partial charge in [-0.05, 0) is 12.1 Å². The van der Waals surface area contributed by atoms with Crippen molar-refractivity contribution in [3.05, 3.63) is 36.4 Å². The van der Waals surface area contributed by atoms with E-state index in [-0.39, 0.29) is 50.9 Å². The van der Waals surface area contributed by atoms with Crippen LogP contribution in [0.4, 0.5) is 5.69 Å². The van der Waals surface area contributed by atoms with Crippen LogP contribution >= 0.6 is 0 Å². The molecule has 0 heterocycles. The van der Waals surface area contributed by atoms with E-state index in [1.807, 2.05) is 4.72 Å². The molecule has 0 amide bonds. The molecular weight excluding hydrogens is 317 g/mol. The molecule has 2 rings (SSSR count). The molecule has 0 atom stereocenters. The van der Waals surface area contributed by atoms with Crippen molar-refractivity contribution >= 4 is 36.9 Å². The summed E-state index contributed by atoms with van der Waals surface area (Å²) in [7, 11) is -8.91. The minimum atomic E-state index is -4.48. The van der Waals surface area contributed by atoms with Gasteiger partial charge in [0.05, 0.1) is 5.69 Å². The third-order valence-corrected chi connectivity index (χ3v) is 3.79. The van der Waals surface area contributed by atoms with Crippen molar-refractivity contribution in [2.75, 3.05) is 4.72 Å². The first-order valence-electron chi connectivity index (χ1n) is 4.93. The Labute approximate surface area is 137 Å². The Morgan fingerprint density at radius 3 is 1.90 bits per heavy atom. The molecule has 0 aromatic heterocycles. The fourth-order valence-electron chi connectivity index (χ4n) is 1.72. The van der Waals surface area contributed by atoms with Gasteiger partial charge in [0, 0.05) is 10.8 Å². The maximum Gasteiger partial charge on any atom is 1.00 e. The first-order valence-corrected chi connectivity index (χ1v) is 7.81. The van der Waals surface area contributed by atoms with Crippen molar-refractivity contribution < 1.29 is 55.5 Å². The van der Waals surface area contributed by atoms with Crippen LogP contribution < -0.4 is 34.3 Å². The zero-order valence-electron chi connectivity index (χ0n) is 10.3. The summed E-state index contributed by atoms with van der Waals surface area (Å²) in [6.45, 7) is 0. The van der Waals surface area contributed by atoms with Crippen molar-refractivity contribution in [3.63, 3.8) is 0 Å². The van der Waals surface area contributed by atoms with Crippen LogP contribution in [0.25, 0.3) is 10.8 Å². The second-order valence-corrected chi connectivity index (χ2v) is 6.25. The second kappa shape index (κ2) is 5.98. The molecule has 2 aromatic carbocycles. The topological polar surface area (TPSA) is 121 Å². The summed E-state index contributed by atoms with van der Waals surface area (Å²) >= 11 is 0. The Balaban J connectivity index is 0.00000200. The average molecular weight is 326 g/mol. The normalized spacial score (nSPS) is 11.9. The smallest absolute Gasteiger partial charge is 0.282 e. The van der Waals surface area contributed by atoms with E-state index in [1.165, 1.54) is 18.2 Å². The molecule has 0 spiro atoms. The van der Waals surface area contributed by atoms with Crippen LogP contribution in [-0.2, 0) is 20.4 Å². The van der Waals surface area contributed by atoms with Gasteiger partial charge in [0.15, 0.2) is 0 Å². The maximum absolute atomic E-state index is 11.2. The van der Waals surface area contributed by atoms with Gasteiger partial charge >= 0.3 is 39.9 Å². The summed E-state index contributed by atoms with van der Waals surface area (Å²) in [5, 5.41) is 0.369. The van der Waals surface area contributed by atoms with Crippen LogP contribution in [0.1, 0.15) is 0 Å². The molecule has 0 saturated heterocycles. The van der Waals surface area contributed by atoms with E-state index in [1.54, 1.807) is 6.07 Å². The van der Waals surface area contributed by atoms with E-state index in [9.17, 15) is 16.8 Å². The summed E-state index contributed by atoms with van der Waals surface area (Å²) < 4.78 is 63.7. The summed E-state index contributed by atoms with van der Waals surface area (Å²) in [6, 6.07) is 8.15. The van der Waals surface area contributed by atoms with E-state index in [0.29, 0.717) is 0 Å². The van der Waals surface area contributed by atoms with E-state index < -0.39 is 20.4 Å². The molecule has 20 heavy (non-hydrogen) atoms. The van der Waals surface area contributed by atoms with Crippen LogP contribution in [0.15, 0.2) is 41.3 Å². The molecule has 10 heteroatoms. The predicted molar refractivity (Wildman–Crippen MR) is 68.9 cm³/mol. The number of hydrogen-bond donors (Lipinski definition) is 3. The Bertz CT molecular complexity index is 847. The SMILES string of the molecule is O=S(=O)(O)Nc1ccc(S(=O)(=O)O)c2ccccc12.[Na+]. The molecule has 2 aromatic rings. The van der Waals surface area contributed by atoms with Crippen LogP contribution in [0.2, 0.25) is 0 Å². The van der Waals surface area contributed by atoms with Gasteiger partial charge in [0.1, 0.15) is 4.90 Å². The number of nitrogens with one attached hydrogen (secondary N) is 1. The second-order valence-electron chi connectivity index (χ2n) is 3.71. The fraction of sp³-hybridized carbons (Fsp3) is 0. The average Bonchev–Trinajstić information content (AvgIpc) is 2.25. The minimum absolute atomic E-state index is 0. The number of hydrogen-bond acceptors (Lipinski definition) is 4. The monoisotopic (exact) mass is 326 g/mol. The molecule has 7 nitrogen and oxygen atoms in total. The van der Waals surface area contributed by atoms with Crippen molar-refractivity contribution in [3.8, 4) is 0 Å². The Morgan fingerprint density at radius 2 is 1.40 bits per heavy atom. The standard InChI is InChI=1S/C10H9NO6S2.Na/c12-18(13,14)10-6-5-9(11-19(15,16)17)7-3-1-2-4-8(7)10;/h1-6,11H,(H,12,13,14)(H,15,16,17);/q;+1. The van der Waals surface area contributed by atoms with Gasteiger partial charge < -0.3 is 0 Å². The van der Waals surface area contributed by atoms with Gasteiger partial charge in [0.25, 0.3) is 10.1 Å². The quantitative estimate of drug-likeness (QED) is 0.457. The predicted octanol–water partition coefficient (Wildman–Crippen LogP) is -1.69. The van der Waals surface area contributed by atoms with Crippen LogP contribution in [0, 0.1) is 0 Å². The van der Waals surface area contributed by atoms with Gasteiger partial charge in [-0.3, -0.25) is 13.8 Å². The molecule has 0 aliphatic carbocycles. The Morgan fingerprint density at radius 1 is 0.850 bits per heavy atom.